The van der Waals surface area contributed by atoms with Crippen molar-refractivity contribution in [2.24, 2.45) is 0 Å². The predicted molar refractivity (Wildman–Crippen MR) is 123 cm³/mol. The zero-order valence-corrected chi connectivity index (χ0v) is 19.2. The molecule has 4 nitrogen and oxygen atoms in total. The molecule has 0 radical (unpaired) electrons. The molecular formula is C25H34FNO3. The minimum absolute atomic E-state index is 0.270. The number of likely N-dealkylation sites (N-methyl/N-ethyl adjacent to an activating group) is 1. The Morgan fingerprint density at radius 3 is 1.93 bits per heavy atom. The molecule has 5 heteroatoms. The molecule has 2 N–H and O–H groups in total. The molecule has 0 saturated heterocycles. The molecule has 2 aromatic rings. The number of hydrogen-bond acceptors (Lipinski definition) is 3. The van der Waals surface area contributed by atoms with Crippen molar-refractivity contribution in [2.45, 2.75) is 41.5 Å². The molecule has 0 spiro atoms. The average molecular weight is 416 g/mol. The van der Waals surface area contributed by atoms with Crippen LogP contribution in [-0.4, -0.2) is 35.2 Å². The Morgan fingerprint density at radius 2 is 1.53 bits per heavy atom. The number of carboxylic acid groups (broad SMARTS) is 1. The second-order valence-electron chi connectivity index (χ2n) is 6.83. The summed E-state index contributed by atoms with van der Waals surface area (Å²) in [6.07, 6.45) is 1.79. The van der Waals surface area contributed by atoms with Gasteiger partial charge >= 0.3 is 5.97 Å². The van der Waals surface area contributed by atoms with Gasteiger partial charge in [-0.1, -0.05) is 43.7 Å². The molecular weight excluding hydrogens is 381 g/mol. The lowest BCUT2D eigenvalue weighted by atomic mass is 10.0. The molecule has 30 heavy (non-hydrogen) atoms. The van der Waals surface area contributed by atoms with Gasteiger partial charge in [0.2, 0.25) is 0 Å². The quantitative estimate of drug-likeness (QED) is 0.462. The molecule has 0 heterocycles. The number of phenols is 1. The van der Waals surface area contributed by atoms with Crippen LogP contribution >= 0.6 is 0 Å². The van der Waals surface area contributed by atoms with Crippen LogP contribution in [0.2, 0.25) is 0 Å². The molecule has 2 aromatic carbocycles. The van der Waals surface area contributed by atoms with Gasteiger partial charge in [-0.2, -0.15) is 0 Å². The van der Waals surface area contributed by atoms with Crippen molar-refractivity contribution in [1.29, 1.82) is 0 Å². The lowest BCUT2D eigenvalue weighted by Crippen LogP contribution is -2.15. The number of phenolic OH excluding ortho intramolecular Hbond substituents is 1. The predicted octanol–water partition coefficient (Wildman–Crippen LogP) is 6.18. The van der Waals surface area contributed by atoms with Crippen molar-refractivity contribution in [3.05, 3.63) is 82.3 Å². The van der Waals surface area contributed by atoms with Crippen LogP contribution in [0.5, 0.6) is 5.75 Å². The van der Waals surface area contributed by atoms with E-state index in [1.165, 1.54) is 17.7 Å². The maximum absolute atomic E-state index is 12.9. The number of benzene rings is 2. The van der Waals surface area contributed by atoms with Gasteiger partial charge in [-0.15, -0.1) is 0 Å². The summed E-state index contributed by atoms with van der Waals surface area (Å²) in [6.45, 7) is 11.3. The number of carboxylic acids is 1. The standard InChI is InChI=1S/C15H18FNO2.C8H10O.C2H6/c1-10(12-5-7-13(16)8-6-12)9-14(17(3)4)11(2)15(18)19;1-6-3-4-8(9)7(2)5-6;1-2/h5-9H,1-4H3,(H,18,19);3-5,9H,1-2H3;1-2H3/b10-9+,14-11-;;. The highest BCUT2D eigenvalue weighted by Gasteiger charge is 2.10. The fourth-order valence-electron chi connectivity index (χ4n) is 2.49. The lowest BCUT2D eigenvalue weighted by Gasteiger charge is -2.17. The third-order valence-electron chi connectivity index (χ3n) is 4.19. The maximum Gasteiger partial charge on any atom is 0.333 e. The highest BCUT2D eigenvalue weighted by molar-refractivity contribution is 5.88. The highest BCUT2D eigenvalue weighted by Crippen LogP contribution is 2.19. The van der Waals surface area contributed by atoms with E-state index in [9.17, 15) is 9.18 Å². The summed E-state index contributed by atoms with van der Waals surface area (Å²) in [4.78, 5) is 12.8. The molecule has 0 bridgehead atoms. The van der Waals surface area contributed by atoms with E-state index in [0.717, 1.165) is 16.7 Å². The van der Waals surface area contributed by atoms with Gasteiger partial charge in [0.05, 0.1) is 5.57 Å². The molecule has 0 aromatic heterocycles. The van der Waals surface area contributed by atoms with E-state index < -0.39 is 5.97 Å². The van der Waals surface area contributed by atoms with E-state index in [0.29, 0.717) is 11.4 Å². The van der Waals surface area contributed by atoms with Gasteiger partial charge in [-0.25, -0.2) is 9.18 Å². The number of nitrogens with zero attached hydrogens (tertiary/aromatic N) is 1. The van der Waals surface area contributed by atoms with E-state index in [1.807, 2.05) is 46.8 Å². The Bertz CT molecular complexity index is 882. The normalized spacial score (nSPS) is 11.3. The van der Waals surface area contributed by atoms with Crippen LogP contribution in [0.1, 0.15) is 44.4 Å². The molecule has 2 rings (SSSR count). The smallest absolute Gasteiger partial charge is 0.333 e. The highest BCUT2D eigenvalue weighted by atomic mass is 19.1. The Hall–Kier alpha value is -3.08. The number of halogens is 1. The zero-order chi connectivity index (χ0) is 23.4. The van der Waals surface area contributed by atoms with Crippen LogP contribution in [0.3, 0.4) is 0 Å². The first kappa shape index (κ1) is 26.9. The average Bonchev–Trinajstić information content (AvgIpc) is 2.70. The number of aliphatic carboxylic acids is 1. The minimum Gasteiger partial charge on any atom is -0.508 e. The first-order valence-electron chi connectivity index (χ1n) is 9.85. The van der Waals surface area contributed by atoms with Gasteiger partial charge < -0.3 is 15.1 Å². The zero-order valence-electron chi connectivity index (χ0n) is 19.2. The Balaban J connectivity index is 0.000000636. The minimum atomic E-state index is -0.952. The first-order valence-corrected chi connectivity index (χ1v) is 9.85. The van der Waals surface area contributed by atoms with Crippen LogP contribution in [0.25, 0.3) is 5.57 Å². The number of allylic oxidation sites excluding steroid dienone is 2. The van der Waals surface area contributed by atoms with Crippen LogP contribution in [0.15, 0.2) is 59.8 Å². The SMILES string of the molecule is C/C(C(=O)O)=C(\C=C(/C)c1ccc(F)cc1)N(C)C.CC.Cc1ccc(O)c(C)c1. The number of carbonyl (C=O) groups is 1. The summed E-state index contributed by atoms with van der Waals surface area (Å²) in [6, 6.07) is 11.7. The van der Waals surface area contributed by atoms with Crippen molar-refractivity contribution in [1.82, 2.24) is 4.90 Å². The molecule has 0 aliphatic heterocycles. The fraction of sp³-hybridized carbons (Fsp3) is 0.320. The van der Waals surface area contributed by atoms with E-state index in [2.05, 4.69) is 0 Å². The fourth-order valence-corrected chi connectivity index (χ4v) is 2.49. The number of aryl methyl sites for hydroxylation is 2. The summed E-state index contributed by atoms with van der Waals surface area (Å²) >= 11 is 0. The Labute approximate surface area is 180 Å². The van der Waals surface area contributed by atoms with Crippen LogP contribution < -0.4 is 0 Å². The van der Waals surface area contributed by atoms with Crippen molar-refractivity contribution in [3.8, 4) is 5.75 Å². The van der Waals surface area contributed by atoms with Gasteiger partial charge in [0.15, 0.2) is 0 Å². The molecule has 0 saturated carbocycles. The molecule has 0 amide bonds. The van der Waals surface area contributed by atoms with Crippen molar-refractivity contribution < 1.29 is 19.4 Å². The van der Waals surface area contributed by atoms with Crippen LogP contribution in [0, 0.1) is 19.7 Å². The molecule has 0 aliphatic rings. The molecule has 164 valence electrons. The van der Waals surface area contributed by atoms with E-state index in [4.69, 9.17) is 10.2 Å². The van der Waals surface area contributed by atoms with Gasteiger partial charge in [0.1, 0.15) is 11.6 Å². The second-order valence-corrected chi connectivity index (χ2v) is 6.83. The summed E-state index contributed by atoms with van der Waals surface area (Å²) in [5, 5.41) is 18.1. The van der Waals surface area contributed by atoms with E-state index in [1.54, 1.807) is 50.2 Å². The Kier molecular flexibility index (Phi) is 11.8. The number of rotatable bonds is 4. The summed E-state index contributed by atoms with van der Waals surface area (Å²) in [7, 11) is 3.58. The van der Waals surface area contributed by atoms with Gasteiger partial charge in [-0.05, 0) is 68.7 Å². The second kappa shape index (κ2) is 13.2. The summed E-state index contributed by atoms with van der Waals surface area (Å²) in [5.41, 5.74) is 4.75. The number of hydrogen-bond donors (Lipinski definition) is 2. The number of aromatic hydroxyl groups is 1. The topological polar surface area (TPSA) is 60.8 Å². The maximum atomic E-state index is 12.9. The lowest BCUT2D eigenvalue weighted by molar-refractivity contribution is -0.132. The largest absolute Gasteiger partial charge is 0.508 e. The summed E-state index contributed by atoms with van der Waals surface area (Å²) in [5.74, 6) is -0.867. The van der Waals surface area contributed by atoms with Gasteiger partial charge in [0.25, 0.3) is 0 Å². The Morgan fingerprint density at radius 1 is 1.00 bits per heavy atom. The molecule has 0 atom stereocenters. The van der Waals surface area contributed by atoms with Gasteiger partial charge in [0, 0.05) is 19.8 Å². The van der Waals surface area contributed by atoms with Crippen LogP contribution in [0.4, 0.5) is 4.39 Å². The molecule has 0 unspecified atom stereocenters. The van der Waals surface area contributed by atoms with E-state index in [-0.39, 0.29) is 11.4 Å². The van der Waals surface area contributed by atoms with Gasteiger partial charge in [-0.3, -0.25) is 0 Å². The van der Waals surface area contributed by atoms with Crippen molar-refractivity contribution in [3.63, 3.8) is 0 Å². The molecule has 0 aliphatic carbocycles. The molecule has 0 fully saturated rings. The van der Waals surface area contributed by atoms with E-state index >= 15 is 0 Å². The van der Waals surface area contributed by atoms with Crippen molar-refractivity contribution >= 4 is 11.5 Å². The first-order chi connectivity index (χ1) is 14.0. The summed E-state index contributed by atoms with van der Waals surface area (Å²) < 4.78 is 12.9. The third kappa shape index (κ3) is 8.95. The van der Waals surface area contributed by atoms with Crippen molar-refractivity contribution in [2.75, 3.05) is 14.1 Å². The van der Waals surface area contributed by atoms with Crippen LogP contribution in [-0.2, 0) is 4.79 Å². The third-order valence-corrected chi connectivity index (χ3v) is 4.19. The monoisotopic (exact) mass is 415 g/mol.